The zero-order chi connectivity index (χ0) is 16.4. The Morgan fingerprint density at radius 2 is 1.91 bits per heavy atom. The van der Waals surface area contributed by atoms with Crippen molar-refractivity contribution in [3.63, 3.8) is 0 Å². The fraction of sp³-hybridized carbons (Fsp3) is 0.294. The van der Waals surface area contributed by atoms with E-state index in [2.05, 4.69) is 15.9 Å². The molecule has 0 fully saturated rings. The number of likely N-dealkylation sites (N-methyl/N-ethyl adjacent to an activating group) is 1. The average molecular weight is 313 g/mol. The maximum atomic E-state index is 10.9. The minimum Gasteiger partial charge on any atom is -0.387 e. The van der Waals surface area contributed by atoms with E-state index in [1.807, 2.05) is 25.2 Å². The average Bonchev–Trinajstić information content (AvgIpc) is 2.57. The number of benzene rings is 2. The lowest BCUT2D eigenvalue weighted by Gasteiger charge is -2.38. The first-order chi connectivity index (χ1) is 11.1. The smallest absolute Gasteiger partial charge is 0.269 e. The van der Waals surface area contributed by atoms with Gasteiger partial charge in [-0.2, -0.15) is 0 Å². The Kier molecular flexibility index (Phi) is 4.16. The molecule has 1 unspecified atom stereocenters. The van der Waals surface area contributed by atoms with Gasteiger partial charge in [0.2, 0.25) is 0 Å². The van der Waals surface area contributed by atoms with E-state index in [1.54, 1.807) is 12.1 Å². The Labute approximate surface area is 134 Å². The van der Waals surface area contributed by atoms with E-state index in [-0.39, 0.29) is 5.69 Å². The van der Waals surface area contributed by atoms with Crippen LogP contribution in [0.1, 0.15) is 11.7 Å². The summed E-state index contributed by atoms with van der Waals surface area (Å²) in [6.07, 6.45) is -0.772. The van der Waals surface area contributed by atoms with Crippen molar-refractivity contribution in [2.24, 2.45) is 0 Å². The number of hydrogen-bond acceptors (Lipinski definition) is 5. The van der Waals surface area contributed by atoms with Crippen molar-refractivity contribution in [1.82, 2.24) is 0 Å². The van der Waals surface area contributed by atoms with E-state index < -0.39 is 11.0 Å². The van der Waals surface area contributed by atoms with E-state index in [1.165, 1.54) is 12.1 Å². The highest BCUT2D eigenvalue weighted by Crippen LogP contribution is 2.33. The Balaban J connectivity index is 1.81. The predicted molar refractivity (Wildman–Crippen MR) is 90.0 cm³/mol. The molecule has 0 radical (unpaired) electrons. The van der Waals surface area contributed by atoms with Gasteiger partial charge in [0.15, 0.2) is 0 Å². The van der Waals surface area contributed by atoms with Crippen LogP contribution in [0.5, 0.6) is 0 Å². The van der Waals surface area contributed by atoms with Crippen LogP contribution in [-0.4, -0.2) is 36.7 Å². The van der Waals surface area contributed by atoms with Crippen LogP contribution in [0.15, 0.2) is 48.5 Å². The van der Waals surface area contributed by atoms with Crippen LogP contribution in [0, 0.1) is 10.1 Å². The Hall–Kier alpha value is -2.60. The molecule has 6 heteroatoms. The van der Waals surface area contributed by atoms with Gasteiger partial charge in [0.25, 0.3) is 5.69 Å². The molecule has 0 bridgehead atoms. The number of hydrogen-bond donors (Lipinski definition) is 1. The first-order valence-electron chi connectivity index (χ1n) is 7.54. The molecule has 23 heavy (non-hydrogen) atoms. The molecule has 2 aromatic carbocycles. The van der Waals surface area contributed by atoms with Gasteiger partial charge in [0.05, 0.1) is 22.4 Å². The number of anilines is 2. The fourth-order valence-electron chi connectivity index (χ4n) is 2.92. The van der Waals surface area contributed by atoms with Crippen LogP contribution in [0.25, 0.3) is 0 Å². The van der Waals surface area contributed by atoms with Crippen LogP contribution in [0.3, 0.4) is 0 Å². The van der Waals surface area contributed by atoms with Gasteiger partial charge in [-0.3, -0.25) is 10.1 Å². The molecule has 3 rings (SSSR count). The van der Waals surface area contributed by atoms with Gasteiger partial charge in [-0.1, -0.05) is 24.3 Å². The quantitative estimate of drug-likeness (QED) is 0.694. The van der Waals surface area contributed by atoms with Gasteiger partial charge in [-0.15, -0.1) is 0 Å². The summed E-state index contributed by atoms with van der Waals surface area (Å²) in [5.74, 6) is 0. The van der Waals surface area contributed by atoms with Crippen molar-refractivity contribution in [3.8, 4) is 0 Å². The number of non-ortho nitro benzene ring substituents is 1. The topological polar surface area (TPSA) is 69.8 Å². The molecule has 120 valence electrons. The van der Waals surface area contributed by atoms with E-state index in [0.29, 0.717) is 12.1 Å². The van der Waals surface area contributed by atoms with Gasteiger partial charge in [-0.05, 0) is 17.7 Å². The summed E-state index contributed by atoms with van der Waals surface area (Å²) < 4.78 is 0. The van der Waals surface area contributed by atoms with Crippen molar-refractivity contribution >= 4 is 17.1 Å². The SMILES string of the molecule is CN1CCN(CC(O)c2cccc([N+](=O)[O-])c2)c2ccccc21. The first-order valence-corrected chi connectivity index (χ1v) is 7.54. The third-order valence-corrected chi connectivity index (χ3v) is 4.20. The zero-order valence-electron chi connectivity index (χ0n) is 12.9. The van der Waals surface area contributed by atoms with Gasteiger partial charge in [-0.25, -0.2) is 0 Å². The van der Waals surface area contributed by atoms with Gasteiger partial charge < -0.3 is 14.9 Å². The van der Waals surface area contributed by atoms with Gasteiger partial charge in [0, 0.05) is 38.8 Å². The highest BCUT2D eigenvalue weighted by molar-refractivity contribution is 5.73. The molecule has 1 aliphatic rings. The Bertz CT molecular complexity index is 720. The molecule has 1 N–H and O–H groups in total. The van der Waals surface area contributed by atoms with Crippen LogP contribution >= 0.6 is 0 Å². The van der Waals surface area contributed by atoms with Crippen molar-refractivity contribution in [3.05, 3.63) is 64.2 Å². The van der Waals surface area contributed by atoms with Gasteiger partial charge >= 0.3 is 0 Å². The van der Waals surface area contributed by atoms with Crippen molar-refractivity contribution in [2.45, 2.75) is 6.10 Å². The number of aliphatic hydroxyl groups is 1. The van der Waals surface area contributed by atoms with E-state index in [4.69, 9.17) is 0 Å². The minimum atomic E-state index is -0.772. The monoisotopic (exact) mass is 313 g/mol. The number of fused-ring (bicyclic) bond motifs is 1. The number of rotatable bonds is 4. The normalized spacial score (nSPS) is 15.2. The van der Waals surface area contributed by atoms with Crippen LogP contribution in [0.4, 0.5) is 17.1 Å². The second-order valence-electron chi connectivity index (χ2n) is 5.72. The van der Waals surface area contributed by atoms with E-state index in [0.717, 1.165) is 24.5 Å². The molecular weight excluding hydrogens is 294 g/mol. The molecule has 0 saturated carbocycles. The van der Waals surface area contributed by atoms with Crippen molar-refractivity contribution in [1.29, 1.82) is 0 Å². The highest BCUT2D eigenvalue weighted by Gasteiger charge is 2.23. The first kappa shape index (κ1) is 15.3. The van der Waals surface area contributed by atoms with Gasteiger partial charge in [0.1, 0.15) is 0 Å². The second kappa shape index (κ2) is 6.26. The Morgan fingerprint density at radius 1 is 1.17 bits per heavy atom. The molecule has 1 heterocycles. The van der Waals surface area contributed by atoms with Crippen LogP contribution in [-0.2, 0) is 0 Å². The lowest BCUT2D eigenvalue weighted by molar-refractivity contribution is -0.385. The summed E-state index contributed by atoms with van der Waals surface area (Å²) in [6, 6.07) is 14.3. The third-order valence-electron chi connectivity index (χ3n) is 4.20. The minimum absolute atomic E-state index is 0.000303. The molecule has 0 aliphatic carbocycles. The van der Waals surface area contributed by atoms with Crippen molar-refractivity contribution in [2.75, 3.05) is 36.5 Å². The molecule has 6 nitrogen and oxygen atoms in total. The number of nitro groups is 1. The Morgan fingerprint density at radius 3 is 2.65 bits per heavy atom. The summed E-state index contributed by atoms with van der Waals surface area (Å²) in [4.78, 5) is 14.7. The lowest BCUT2D eigenvalue weighted by Crippen LogP contribution is -2.41. The molecule has 0 saturated heterocycles. The molecule has 2 aromatic rings. The van der Waals surface area contributed by atoms with Crippen LogP contribution in [0.2, 0.25) is 0 Å². The standard InChI is InChI=1S/C17H19N3O3/c1-18-9-10-19(16-8-3-2-7-15(16)18)12-17(21)13-5-4-6-14(11-13)20(22)23/h2-8,11,17,21H,9-10,12H2,1H3. The second-order valence-corrected chi connectivity index (χ2v) is 5.72. The van der Waals surface area contributed by atoms with Crippen LogP contribution < -0.4 is 9.80 Å². The number of para-hydroxylation sites is 2. The number of nitrogens with zero attached hydrogens (tertiary/aromatic N) is 3. The fourth-order valence-corrected chi connectivity index (χ4v) is 2.92. The summed E-state index contributed by atoms with van der Waals surface area (Å²) in [6.45, 7) is 2.09. The largest absolute Gasteiger partial charge is 0.387 e. The maximum Gasteiger partial charge on any atom is 0.269 e. The number of β-amino-alcohol motifs (C(OH)–C–C–N with tert-alkyl or cyclic N) is 1. The summed E-state index contributed by atoms with van der Waals surface area (Å²) in [5.41, 5.74) is 2.77. The molecule has 0 aromatic heterocycles. The molecule has 0 spiro atoms. The maximum absolute atomic E-state index is 10.9. The summed E-state index contributed by atoms with van der Waals surface area (Å²) in [5, 5.41) is 21.4. The summed E-state index contributed by atoms with van der Waals surface area (Å²) >= 11 is 0. The van der Waals surface area contributed by atoms with Crippen molar-refractivity contribution < 1.29 is 10.0 Å². The molecular formula is C17H19N3O3. The zero-order valence-corrected chi connectivity index (χ0v) is 12.9. The molecule has 1 atom stereocenters. The molecule has 0 amide bonds. The number of nitro benzene ring substituents is 1. The predicted octanol–water partition coefficient (Wildman–Crippen LogP) is 2.58. The third kappa shape index (κ3) is 3.12. The van der Waals surface area contributed by atoms with E-state index >= 15 is 0 Å². The molecule has 1 aliphatic heterocycles. The highest BCUT2D eigenvalue weighted by atomic mass is 16.6. The lowest BCUT2D eigenvalue weighted by atomic mass is 10.1. The van der Waals surface area contributed by atoms with E-state index in [9.17, 15) is 15.2 Å². The summed E-state index contributed by atoms with van der Waals surface area (Å²) in [7, 11) is 2.05. The number of aliphatic hydroxyl groups excluding tert-OH is 1.